The number of fused-ring (bicyclic) bond motifs is 6. The Balaban J connectivity index is 1.68. The Kier molecular flexibility index (Phi) is 3.56. The number of aromatic nitrogens is 4. The molecule has 0 saturated carbocycles. The predicted octanol–water partition coefficient (Wildman–Crippen LogP) is 6.06. The molecule has 1 aliphatic rings. The van der Waals surface area contributed by atoms with Crippen LogP contribution in [0, 0.1) is 0 Å². The first kappa shape index (κ1) is 16.2. The van der Waals surface area contributed by atoms with Crippen molar-refractivity contribution < 1.29 is 0 Å². The minimum Gasteiger partial charge on any atom is -0.337 e. The van der Waals surface area contributed by atoms with Gasteiger partial charge in [0.2, 0.25) is 0 Å². The van der Waals surface area contributed by atoms with Crippen LogP contribution in [0.2, 0.25) is 0 Å². The van der Waals surface area contributed by atoms with Crippen LogP contribution in [-0.4, -0.2) is 19.9 Å². The van der Waals surface area contributed by atoms with Crippen LogP contribution < -0.4 is 0 Å². The zero-order chi connectivity index (χ0) is 19.2. The molecule has 0 unspecified atom stereocenters. The van der Waals surface area contributed by atoms with Gasteiger partial charge in [-0.3, -0.25) is 9.97 Å². The number of imidazole rings is 1. The molecule has 0 bridgehead atoms. The van der Waals surface area contributed by atoms with Gasteiger partial charge in [-0.05, 0) is 48.2 Å². The lowest BCUT2D eigenvalue weighted by molar-refractivity contribution is 1.05. The van der Waals surface area contributed by atoms with Crippen molar-refractivity contribution in [1.82, 2.24) is 19.9 Å². The zero-order valence-corrected chi connectivity index (χ0v) is 15.8. The number of pyridine rings is 2. The van der Waals surface area contributed by atoms with Crippen molar-refractivity contribution in [2.45, 2.75) is 12.8 Å². The number of aromatic amines is 1. The summed E-state index contributed by atoms with van der Waals surface area (Å²) in [6.07, 6.45) is 12.3. The van der Waals surface area contributed by atoms with Crippen LogP contribution in [0.1, 0.15) is 18.4 Å². The Labute approximate surface area is 167 Å². The van der Waals surface area contributed by atoms with E-state index in [1.165, 1.54) is 11.1 Å². The lowest BCUT2D eigenvalue weighted by atomic mass is 9.93. The molecule has 6 rings (SSSR count). The van der Waals surface area contributed by atoms with Crippen molar-refractivity contribution in [3.63, 3.8) is 0 Å². The van der Waals surface area contributed by atoms with E-state index in [2.05, 4.69) is 69.6 Å². The largest absolute Gasteiger partial charge is 0.337 e. The summed E-state index contributed by atoms with van der Waals surface area (Å²) in [4.78, 5) is 17.9. The maximum absolute atomic E-state index is 5.05. The molecule has 0 radical (unpaired) electrons. The third kappa shape index (κ3) is 2.49. The fourth-order valence-electron chi connectivity index (χ4n) is 4.27. The maximum Gasteiger partial charge on any atom is 0.139 e. The fourth-order valence-corrected chi connectivity index (χ4v) is 4.27. The number of benzene rings is 2. The summed E-state index contributed by atoms with van der Waals surface area (Å²) in [6.45, 7) is 0. The van der Waals surface area contributed by atoms with Crippen LogP contribution >= 0.6 is 0 Å². The van der Waals surface area contributed by atoms with E-state index in [9.17, 15) is 0 Å². The summed E-state index contributed by atoms with van der Waals surface area (Å²) >= 11 is 0. The number of hydrogen-bond acceptors (Lipinski definition) is 3. The van der Waals surface area contributed by atoms with Crippen molar-refractivity contribution >= 4 is 38.4 Å². The molecule has 5 aromatic rings. The molecule has 3 aromatic heterocycles. The average molecular weight is 374 g/mol. The first-order chi connectivity index (χ1) is 14.4. The Bertz CT molecular complexity index is 1380. The number of hydrogen-bond donors (Lipinski definition) is 1. The van der Waals surface area contributed by atoms with E-state index in [1.54, 1.807) is 0 Å². The van der Waals surface area contributed by atoms with Crippen LogP contribution in [-0.2, 0) is 0 Å². The molecule has 0 saturated heterocycles. The molecule has 0 aliphatic heterocycles. The maximum atomic E-state index is 5.05. The molecule has 2 aromatic carbocycles. The standard InChI is InChI=1S/C25H18N4/c1-2-8-16(9-3-1)17-10-4-5-11-18(17)25-28-23-19-12-6-14-26-21(19)22-20(24(23)29-25)13-7-15-27-22/h1-2,4-8,10-15H,3,9H2,(H,28,29). The highest BCUT2D eigenvalue weighted by Crippen LogP contribution is 2.36. The topological polar surface area (TPSA) is 54.5 Å². The molecule has 1 N–H and O–H groups in total. The summed E-state index contributed by atoms with van der Waals surface area (Å²) in [5.41, 5.74) is 7.45. The fraction of sp³-hybridized carbons (Fsp3) is 0.0800. The van der Waals surface area contributed by atoms with Gasteiger partial charge in [0.05, 0.1) is 22.1 Å². The second-order valence-electron chi connectivity index (χ2n) is 7.31. The lowest BCUT2D eigenvalue weighted by Gasteiger charge is -2.12. The van der Waals surface area contributed by atoms with Crippen molar-refractivity contribution in [2.24, 2.45) is 0 Å². The van der Waals surface area contributed by atoms with Gasteiger partial charge in [-0.1, -0.05) is 42.5 Å². The Morgan fingerprint density at radius 1 is 0.759 bits per heavy atom. The summed E-state index contributed by atoms with van der Waals surface area (Å²) in [6, 6.07) is 16.6. The molecule has 0 spiro atoms. The molecule has 1 aliphatic carbocycles. The predicted molar refractivity (Wildman–Crippen MR) is 118 cm³/mol. The molecule has 0 amide bonds. The van der Waals surface area contributed by atoms with Gasteiger partial charge in [-0.2, -0.15) is 0 Å². The minimum absolute atomic E-state index is 0.882. The van der Waals surface area contributed by atoms with Gasteiger partial charge >= 0.3 is 0 Å². The van der Waals surface area contributed by atoms with E-state index in [-0.39, 0.29) is 0 Å². The van der Waals surface area contributed by atoms with Gasteiger partial charge in [0.1, 0.15) is 5.82 Å². The number of nitrogens with one attached hydrogen (secondary N) is 1. The summed E-state index contributed by atoms with van der Waals surface area (Å²) in [7, 11) is 0. The number of rotatable bonds is 2. The van der Waals surface area contributed by atoms with E-state index in [0.29, 0.717) is 0 Å². The van der Waals surface area contributed by atoms with Crippen molar-refractivity contribution in [1.29, 1.82) is 0 Å². The smallest absolute Gasteiger partial charge is 0.139 e. The van der Waals surface area contributed by atoms with E-state index < -0.39 is 0 Å². The first-order valence-corrected chi connectivity index (χ1v) is 9.87. The summed E-state index contributed by atoms with van der Waals surface area (Å²) < 4.78 is 0. The van der Waals surface area contributed by atoms with Crippen molar-refractivity contribution in [2.75, 3.05) is 0 Å². The highest BCUT2D eigenvalue weighted by molar-refractivity contribution is 6.21. The molecule has 29 heavy (non-hydrogen) atoms. The van der Waals surface area contributed by atoms with Gasteiger partial charge in [0, 0.05) is 28.7 Å². The molecule has 4 nitrogen and oxygen atoms in total. The first-order valence-electron chi connectivity index (χ1n) is 9.87. The molecule has 0 atom stereocenters. The van der Waals surface area contributed by atoms with Gasteiger partial charge in [-0.15, -0.1) is 0 Å². The third-order valence-electron chi connectivity index (χ3n) is 5.61. The van der Waals surface area contributed by atoms with E-state index in [1.807, 2.05) is 24.5 Å². The van der Waals surface area contributed by atoms with Crippen molar-refractivity contribution in [3.05, 3.63) is 84.7 Å². The third-order valence-corrected chi connectivity index (χ3v) is 5.61. The molecule has 4 heteroatoms. The minimum atomic E-state index is 0.882. The molecular weight excluding hydrogens is 356 g/mol. The van der Waals surface area contributed by atoms with E-state index in [0.717, 1.165) is 57.1 Å². The van der Waals surface area contributed by atoms with Gasteiger partial charge in [-0.25, -0.2) is 4.98 Å². The van der Waals surface area contributed by atoms with Gasteiger partial charge < -0.3 is 4.98 Å². The van der Waals surface area contributed by atoms with E-state index in [4.69, 9.17) is 4.98 Å². The van der Waals surface area contributed by atoms with Crippen LogP contribution in [0.3, 0.4) is 0 Å². The van der Waals surface area contributed by atoms with E-state index >= 15 is 0 Å². The summed E-state index contributed by atoms with van der Waals surface area (Å²) in [5.74, 6) is 0.882. The number of nitrogens with zero attached hydrogens (tertiary/aromatic N) is 3. The molecule has 3 heterocycles. The van der Waals surface area contributed by atoms with Crippen LogP contribution in [0.5, 0.6) is 0 Å². The van der Waals surface area contributed by atoms with Crippen LogP contribution in [0.25, 0.3) is 49.8 Å². The number of H-pyrrole nitrogens is 1. The molecule has 0 fully saturated rings. The Morgan fingerprint density at radius 2 is 1.52 bits per heavy atom. The molecule has 138 valence electrons. The average Bonchev–Trinajstić information content (AvgIpc) is 3.26. The molecular formula is C25H18N4. The van der Waals surface area contributed by atoms with Gasteiger partial charge in [0.15, 0.2) is 0 Å². The lowest BCUT2D eigenvalue weighted by Crippen LogP contribution is -1.93. The van der Waals surface area contributed by atoms with Crippen LogP contribution in [0.15, 0.2) is 79.2 Å². The summed E-state index contributed by atoms with van der Waals surface area (Å²) in [5, 5.41) is 2.07. The number of allylic oxidation sites excluding steroid dienone is 4. The SMILES string of the molecule is C1=CCCC(c2ccccc2-c2nc3c4cccnc4c4ncccc4c3[nH]2)=C1. The normalized spacial score (nSPS) is 14.0. The quantitative estimate of drug-likeness (QED) is 0.382. The van der Waals surface area contributed by atoms with Gasteiger partial charge in [0.25, 0.3) is 0 Å². The highest BCUT2D eigenvalue weighted by atomic mass is 14.9. The monoisotopic (exact) mass is 374 g/mol. The second-order valence-corrected chi connectivity index (χ2v) is 7.31. The Morgan fingerprint density at radius 3 is 2.31 bits per heavy atom. The highest BCUT2D eigenvalue weighted by Gasteiger charge is 2.17. The zero-order valence-electron chi connectivity index (χ0n) is 15.8. The Hall–Kier alpha value is -3.79. The van der Waals surface area contributed by atoms with Crippen LogP contribution in [0.4, 0.5) is 0 Å². The second kappa shape index (κ2) is 6.38. The van der Waals surface area contributed by atoms with Crippen molar-refractivity contribution in [3.8, 4) is 11.4 Å².